The van der Waals surface area contributed by atoms with Crippen LogP contribution in [0, 0.1) is 5.92 Å². The van der Waals surface area contributed by atoms with Gasteiger partial charge >= 0.3 is 0 Å². The Hall–Kier alpha value is -1.65. The van der Waals surface area contributed by atoms with Gasteiger partial charge in [0.15, 0.2) is 5.78 Å². The van der Waals surface area contributed by atoms with Gasteiger partial charge in [-0.05, 0) is 48.6 Å². The third-order valence-electron chi connectivity index (χ3n) is 4.25. The highest BCUT2D eigenvalue weighted by molar-refractivity contribution is 7.10. The number of benzene rings is 1. The predicted molar refractivity (Wildman–Crippen MR) is 93.1 cm³/mol. The van der Waals surface area contributed by atoms with Gasteiger partial charge in [-0.2, -0.15) is 0 Å². The summed E-state index contributed by atoms with van der Waals surface area (Å²) in [6.45, 7) is 1.32. The Kier molecular flexibility index (Phi) is 5.13. The monoisotopic (exact) mass is 347 g/mol. The molecule has 1 fully saturated rings. The van der Waals surface area contributed by atoms with Crippen molar-refractivity contribution in [2.45, 2.75) is 19.3 Å². The largest absolute Gasteiger partial charge is 0.342 e. The molecule has 2 heterocycles. The number of ketones is 1. The van der Waals surface area contributed by atoms with Crippen LogP contribution in [0.4, 0.5) is 0 Å². The summed E-state index contributed by atoms with van der Waals surface area (Å²) < 4.78 is 0. The molecule has 0 saturated carbocycles. The van der Waals surface area contributed by atoms with E-state index >= 15 is 0 Å². The zero-order chi connectivity index (χ0) is 16.2. The Morgan fingerprint density at radius 1 is 1.13 bits per heavy atom. The van der Waals surface area contributed by atoms with Gasteiger partial charge in [-0.1, -0.05) is 17.7 Å². The van der Waals surface area contributed by atoms with Gasteiger partial charge in [0.2, 0.25) is 5.91 Å². The number of nitrogens with zero attached hydrogens (tertiary/aromatic N) is 1. The third-order valence-corrected chi connectivity index (χ3v) is 5.38. The fraction of sp³-hybridized carbons (Fsp3) is 0.333. The Bertz CT molecular complexity index is 674. The van der Waals surface area contributed by atoms with Crippen LogP contribution in [0.15, 0.2) is 41.8 Å². The number of Topliss-reactive ketones (excluding diaryl/α,β-unsaturated/α-hetero) is 1. The fourth-order valence-corrected chi connectivity index (χ4v) is 3.74. The summed E-state index contributed by atoms with van der Waals surface area (Å²) in [6, 6.07) is 11.0. The first-order chi connectivity index (χ1) is 11.1. The summed E-state index contributed by atoms with van der Waals surface area (Å²) in [7, 11) is 0. The third kappa shape index (κ3) is 4.01. The van der Waals surface area contributed by atoms with Crippen LogP contribution in [0.25, 0.3) is 0 Å². The molecule has 1 aromatic carbocycles. The predicted octanol–water partition coefficient (Wildman–Crippen LogP) is 4.07. The van der Waals surface area contributed by atoms with Crippen LogP contribution in [0.2, 0.25) is 5.02 Å². The Morgan fingerprint density at radius 2 is 1.83 bits per heavy atom. The van der Waals surface area contributed by atoms with Gasteiger partial charge in [-0.15, -0.1) is 11.3 Å². The van der Waals surface area contributed by atoms with Crippen LogP contribution in [0.5, 0.6) is 0 Å². The van der Waals surface area contributed by atoms with Crippen molar-refractivity contribution in [2.75, 3.05) is 13.1 Å². The first-order valence-corrected chi connectivity index (χ1v) is 8.99. The number of amides is 1. The summed E-state index contributed by atoms with van der Waals surface area (Å²) in [4.78, 5) is 27.8. The quantitative estimate of drug-likeness (QED) is 0.782. The summed E-state index contributed by atoms with van der Waals surface area (Å²) in [5.41, 5.74) is 0.706. The van der Waals surface area contributed by atoms with E-state index in [1.807, 2.05) is 22.4 Å². The first kappa shape index (κ1) is 16.2. The SMILES string of the molecule is O=C(c1ccc(Cl)cc1)C1CCN(C(=O)Cc2cccs2)CC1. The lowest BCUT2D eigenvalue weighted by Gasteiger charge is -2.31. The molecule has 0 unspecified atom stereocenters. The van der Waals surface area contributed by atoms with E-state index in [0.717, 1.165) is 17.7 Å². The molecule has 0 N–H and O–H groups in total. The number of thiophene rings is 1. The zero-order valence-corrected chi connectivity index (χ0v) is 14.3. The smallest absolute Gasteiger partial charge is 0.227 e. The molecule has 1 aromatic heterocycles. The van der Waals surface area contributed by atoms with Crippen molar-refractivity contribution in [3.63, 3.8) is 0 Å². The van der Waals surface area contributed by atoms with Gasteiger partial charge < -0.3 is 4.90 Å². The number of piperidine rings is 1. The summed E-state index contributed by atoms with van der Waals surface area (Å²) in [6.07, 6.45) is 1.93. The number of carbonyl (C=O) groups is 2. The highest BCUT2D eigenvalue weighted by Gasteiger charge is 2.27. The minimum atomic E-state index is 0.00182. The molecule has 2 aromatic rings. The number of halogens is 1. The van der Waals surface area contributed by atoms with Gasteiger partial charge in [-0.25, -0.2) is 0 Å². The number of rotatable bonds is 4. The van der Waals surface area contributed by atoms with Gasteiger partial charge in [0.25, 0.3) is 0 Å². The lowest BCUT2D eigenvalue weighted by molar-refractivity contribution is -0.131. The van der Waals surface area contributed by atoms with Crippen LogP contribution < -0.4 is 0 Å². The molecular weight excluding hydrogens is 330 g/mol. The second-order valence-electron chi connectivity index (χ2n) is 5.78. The minimum absolute atomic E-state index is 0.00182. The Labute approximate surface area is 144 Å². The van der Waals surface area contributed by atoms with Crippen molar-refractivity contribution in [2.24, 2.45) is 5.92 Å². The highest BCUT2D eigenvalue weighted by atomic mass is 35.5. The molecule has 0 bridgehead atoms. The maximum Gasteiger partial charge on any atom is 0.227 e. The second kappa shape index (κ2) is 7.28. The normalized spacial score (nSPS) is 15.6. The van der Waals surface area contributed by atoms with E-state index < -0.39 is 0 Å². The molecule has 1 aliphatic heterocycles. The van der Waals surface area contributed by atoms with Crippen LogP contribution in [0.1, 0.15) is 28.1 Å². The molecule has 120 valence electrons. The highest BCUT2D eigenvalue weighted by Crippen LogP contribution is 2.23. The van der Waals surface area contributed by atoms with Gasteiger partial charge in [0, 0.05) is 34.5 Å². The van der Waals surface area contributed by atoms with E-state index in [0.29, 0.717) is 30.1 Å². The molecular formula is C18H18ClNO2S. The molecule has 0 aliphatic carbocycles. The second-order valence-corrected chi connectivity index (χ2v) is 7.25. The lowest BCUT2D eigenvalue weighted by atomic mass is 9.89. The van der Waals surface area contributed by atoms with Crippen molar-refractivity contribution in [1.29, 1.82) is 0 Å². The first-order valence-electron chi connectivity index (χ1n) is 7.73. The van der Waals surface area contributed by atoms with Crippen molar-refractivity contribution < 1.29 is 9.59 Å². The molecule has 1 saturated heterocycles. The molecule has 3 nitrogen and oxygen atoms in total. The molecule has 5 heteroatoms. The van der Waals surface area contributed by atoms with E-state index in [2.05, 4.69) is 0 Å². The van der Waals surface area contributed by atoms with Crippen molar-refractivity contribution in [3.05, 3.63) is 57.2 Å². The van der Waals surface area contributed by atoms with E-state index in [4.69, 9.17) is 11.6 Å². The molecule has 23 heavy (non-hydrogen) atoms. The standard InChI is InChI=1S/C18H18ClNO2S/c19-15-5-3-13(4-6-15)18(22)14-7-9-20(10-8-14)17(21)12-16-2-1-11-23-16/h1-6,11,14H,7-10,12H2. The Balaban J connectivity index is 1.54. The lowest BCUT2D eigenvalue weighted by Crippen LogP contribution is -2.40. The minimum Gasteiger partial charge on any atom is -0.342 e. The van der Waals surface area contributed by atoms with E-state index in [-0.39, 0.29) is 17.6 Å². The van der Waals surface area contributed by atoms with Crippen molar-refractivity contribution in [1.82, 2.24) is 4.90 Å². The number of carbonyl (C=O) groups excluding carboxylic acids is 2. The van der Waals surface area contributed by atoms with Crippen LogP contribution >= 0.6 is 22.9 Å². The van der Waals surface area contributed by atoms with E-state index in [1.165, 1.54) is 0 Å². The van der Waals surface area contributed by atoms with Gasteiger partial charge in [-0.3, -0.25) is 9.59 Å². The van der Waals surface area contributed by atoms with Crippen LogP contribution in [-0.4, -0.2) is 29.7 Å². The van der Waals surface area contributed by atoms with Crippen molar-refractivity contribution in [3.8, 4) is 0 Å². The summed E-state index contributed by atoms with van der Waals surface area (Å²) in [5.74, 6) is 0.318. The molecule has 1 amide bonds. The molecule has 3 rings (SSSR count). The molecule has 0 radical (unpaired) electrons. The van der Waals surface area contributed by atoms with E-state index in [9.17, 15) is 9.59 Å². The molecule has 0 spiro atoms. The maximum absolute atomic E-state index is 12.5. The van der Waals surface area contributed by atoms with Crippen LogP contribution in [0.3, 0.4) is 0 Å². The summed E-state index contributed by atoms with van der Waals surface area (Å²) in [5, 5.41) is 2.62. The Morgan fingerprint density at radius 3 is 2.43 bits per heavy atom. The molecule has 0 atom stereocenters. The number of hydrogen-bond donors (Lipinski definition) is 0. The number of hydrogen-bond acceptors (Lipinski definition) is 3. The van der Waals surface area contributed by atoms with Gasteiger partial charge in [0.05, 0.1) is 6.42 Å². The average Bonchev–Trinajstić information content (AvgIpc) is 3.08. The van der Waals surface area contributed by atoms with Gasteiger partial charge in [0.1, 0.15) is 0 Å². The van der Waals surface area contributed by atoms with E-state index in [1.54, 1.807) is 35.6 Å². The fourth-order valence-electron chi connectivity index (χ4n) is 2.91. The molecule has 1 aliphatic rings. The summed E-state index contributed by atoms with van der Waals surface area (Å²) >= 11 is 7.47. The average molecular weight is 348 g/mol. The van der Waals surface area contributed by atoms with Crippen LogP contribution in [-0.2, 0) is 11.2 Å². The number of likely N-dealkylation sites (tertiary alicyclic amines) is 1. The maximum atomic E-state index is 12.5. The van der Waals surface area contributed by atoms with Crippen molar-refractivity contribution >= 4 is 34.6 Å². The zero-order valence-electron chi connectivity index (χ0n) is 12.7. The topological polar surface area (TPSA) is 37.4 Å².